The van der Waals surface area contributed by atoms with E-state index in [4.69, 9.17) is 24.0 Å². The molecule has 1 N–H and O–H groups in total. The SMILES string of the molecule is COc1cc(C=CC(=O)Nc2c3c(nn2-c2ccc(Oc4ccccc4)cc2)CSC3)cc(OC)c1OC. The van der Waals surface area contributed by atoms with Gasteiger partial charge >= 0.3 is 0 Å². The van der Waals surface area contributed by atoms with E-state index in [1.807, 2.05) is 54.6 Å². The number of fused-ring (bicyclic) bond motifs is 1. The molecule has 2 heterocycles. The number of hydrogen-bond donors (Lipinski definition) is 1. The Bertz CT molecular complexity index is 1440. The van der Waals surface area contributed by atoms with E-state index in [-0.39, 0.29) is 5.91 Å². The summed E-state index contributed by atoms with van der Waals surface area (Å²) in [6.45, 7) is 0. The third-order valence-electron chi connectivity index (χ3n) is 5.97. The van der Waals surface area contributed by atoms with Crippen molar-refractivity contribution in [2.24, 2.45) is 0 Å². The molecular formula is C29H27N3O5S. The first kappa shape index (κ1) is 25.3. The monoisotopic (exact) mass is 529 g/mol. The molecular weight excluding hydrogens is 502 g/mol. The second-order valence-corrected chi connectivity index (χ2v) is 9.35. The van der Waals surface area contributed by atoms with Gasteiger partial charge in [-0.25, -0.2) is 4.68 Å². The maximum atomic E-state index is 13.0. The number of nitrogens with one attached hydrogen (secondary N) is 1. The van der Waals surface area contributed by atoms with Gasteiger partial charge in [0.25, 0.3) is 0 Å². The van der Waals surface area contributed by atoms with E-state index >= 15 is 0 Å². The Morgan fingerprint density at radius 3 is 2.26 bits per heavy atom. The van der Waals surface area contributed by atoms with E-state index in [2.05, 4.69) is 5.32 Å². The maximum Gasteiger partial charge on any atom is 0.249 e. The van der Waals surface area contributed by atoms with Gasteiger partial charge in [-0.3, -0.25) is 4.79 Å². The molecule has 1 amide bonds. The second kappa shape index (κ2) is 11.4. The highest BCUT2D eigenvalue weighted by molar-refractivity contribution is 7.98. The van der Waals surface area contributed by atoms with Gasteiger partial charge < -0.3 is 24.3 Å². The van der Waals surface area contributed by atoms with E-state index in [1.165, 1.54) is 6.08 Å². The first-order chi connectivity index (χ1) is 18.6. The number of amides is 1. The molecule has 3 aromatic carbocycles. The molecule has 0 saturated heterocycles. The fourth-order valence-electron chi connectivity index (χ4n) is 4.14. The number of thioether (sulfide) groups is 1. The van der Waals surface area contributed by atoms with Crippen LogP contribution in [0, 0.1) is 0 Å². The first-order valence-corrected chi connectivity index (χ1v) is 13.1. The van der Waals surface area contributed by atoms with Crippen LogP contribution in [-0.2, 0) is 16.3 Å². The zero-order valence-corrected chi connectivity index (χ0v) is 22.1. The smallest absolute Gasteiger partial charge is 0.249 e. The molecule has 9 heteroatoms. The van der Waals surface area contributed by atoms with E-state index in [9.17, 15) is 4.79 Å². The molecule has 0 unspecified atom stereocenters. The standard InChI is InChI=1S/C29H27N3O5S/c1-34-25-15-19(16-26(35-2)28(25)36-3)9-14-27(33)30-29-23-17-38-18-24(23)31-32(29)20-10-12-22(13-11-20)37-21-7-5-4-6-8-21/h4-16H,17-18H2,1-3H3,(H,30,33). The molecule has 194 valence electrons. The third kappa shape index (κ3) is 5.33. The zero-order valence-electron chi connectivity index (χ0n) is 21.3. The molecule has 5 rings (SSSR count). The Morgan fingerprint density at radius 1 is 0.921 bits per heavy atom. The van der Waals surface area contributed by atoms with E-state index < -0.39 is 0 Å². The Balaban J connectivity index is 1.37. The molecule has 0 saturated carbocycles. The van der Waals surface area contributed by atoms with Crippen LogP contribution in [0.1, 0.15) is 16.8 Å². The van der Waals surface area contributed by atoms with Crippen molar-refractivity contribution in [3.8, 4) is 34.4 Å². The van der Waals surface area contributed by atoms with Gasteiger partial charge in [0.1, 0.15) is 17.3 Å². The molecule has 0 spiro atoms. The first-order valence-electron chi connectivity index (χ1n) is 11.9. The highest BCUT2D eigenvalue weighted by atomic mass is 32.2. The lowest BCUT2D eigenvalue weighted by Gasteiger charge is -2.13. The van der Waals surface area contributed by atoms with Crippen molar-refractivity contribution in [3.05, 3.63) is 89.6 Å². The molecule has 4 aromatic rings. The van der Waals surface area contributed by atoms with Crippen LogP contribution < -0.4 is 24.3 Å². The summed E-state index contributed by atoms with van der Waals surface area (Å²) < 4.78 is 23.9. The van der Waals surface area contributed by atoms with E-state index in [0.29, 0.717) is 28.8 Å². The number of para-hydroxylation sites is 1. The van der Waals surface area contributed by atoms with Crippen LogP contribution in [0.2, 0.25) is 0 Å². The molecule has 1 aromatic heterocycles. The molecule has 8 nitrogen and oxygen atoms in total. The number of aromatic nitrogens is 2. The van der Waals surface area contributed by atoms with Gasteiger partial charge in [-0.05, 0) is 60.2 Å². The van der Waals surface area contributed by atoms with Crippen molar-refractivity contribution >= 4 is 29.6 Å². The summed E-state index contributed by atoms with van der Waals surface area (Å²) in [5.41, 5.74) is 3.57. The Kier molecular flexibility index (Phi) is 7.55. The molecule has 0 radical (unpaired) electrons. The van der Waals surface area contributed by atoms with Gasteiger partial charge in [0.05, 0.1) is 32.7 Å². The van der Waals surface area contributed by atoms with Gasteiger partial charge in [-0.1, -0.05) is 18.2 Å². The number of methoxy groups -OCH3 is 3. The lowest BCUT2D eigenvalue weighted by atomic mass is 10.1. The minimum absolute atomic E-state index is 0.274. The van der Waals surface area contributed by atoms with Crippen molar-refractivity contribution in [1.82, 2.24) is 9.78 Å². The fourth-order valence-corrected chi connectivity index (χ4v) is 5.17. The number of nitrogens with zero attached hydrogens (tertiary/aromatic N) is 2. The van der Waals surface area contributed by atoms with Gasteiger partial charge in [0.15, 0.2) is 11.5 Å². The quantitative estimate of drug-likeness (QED) is 0.263. The zero-order chi connectivity index (χ0) is 26.5. The fraction of sp³-hybridized carbons (Fsp3) is 0.172. The number of benzene rings is 3. The largest absolute Gasteiger partial charge is 0.493 e. The lowest BCUT2D eigenvalue weighted by Crippen LogP contribution is -2.13. The van der Waals surface area contributed by atoms with Crippen molar-refractivity contribution < 1.29 is 23.7 Å². The summed E-state index contributed by atoms with van der Waals surface area (Å²) in [5, 5.41) is 7.82. The normalized spacial score (nSPS) is 12.3. The maximum absolute atomic E-state index is 13.0. The molecule has 1 aliphatic rings. The minimum Gasteiger partial charge on any atom is -0.493 e. The van der Waals surface area contributed by atoms with Crippen LogP contribution in [-0.4, -0.2) is 37.0 Å². The predicted octanol–water partition coefficient (Wildman–Crippen LogP) is 6.09. The Hall–Kier alpha value is -4.37. The van der Waals surface area contributed by atoms with Gasteiger partial charge in [-0.15, -0.1) is 0 Å². The highest BCUT2D eigenvalue weighted by Gasteiger charge is 2.24. The average Bonchev–Trinajstić information content (AvgIpc) is 3.55. The number of rotatable bonds is 9. The number of carbonyl (C=O) groups is 1. The third-order valence-corrected chi connectivity index (χ3v) is 6.94. The summed E-state index contributed by atoms with van der Waals surface area (Å²) in [6.07, 6.45) is 3.18. The summed E-state index contributed by atoms with van der Waals surface area (Å²) in [6, 6.07) is 20.8. The van der Waals surface area contributed by atoms with Crippen LogP contribution in [0.25, 0.3) is 11.8 Å². The average molecular weight is 530 g/mol. The van der Waals surface area contributed by atoms with Gasteiger partial charge in [0, 0.05) is 23.1 Å². The molecule has 0 atom stereocenters. The molecule has 0 bridgehead atoms. The van der Waals surface area contributed by atoms with Crippen molar-refractivity contribution in [3.63, 3.8) is 0 Å². The Labute approximate surface area is 225 Å². The number of anilines is 1. The van der Waals surface area contributed by atoms with Crippen molar-refractivity contribution in [2.45, 2.75) is 11.5 Å². The summed E-state index contributed by atoms with van der Waals surface area (Å²) in [5.74, 6) is 4.99. The van der Waals surface area contributed by atoms with Gasteiger partial charge in [-0.2, -0.15) is 16.9 Å². The van der Waals surface area contributed by atoms with Crippen LogP contribution in [0.15, 0.2) is 72.8 Å². The van der Waals surface area contributed by atoms with E-state index in [0.717, 1.165) is 39.8 Å². The second-order valence-electron chi connectivity index (χ2n) is 8.37. The number of hydrogen-bond acceptors (Lipinski definition) is 7. The summed E-state index contributed by atoms with van der Waals surface area (Å²) in [7, 11) is 4.65. The lowest BCUT2D eigenvalue weighted by molar-refractivity contribution is -0.111. The molecule has 38 heavy (non-hydrogen) atoms. The molecule has 0 aliphatic carbocycles. The topological polar surface area (TPSA) is 83.8 Å². The molecule has 0 fully saturated rings. The number of carbonyl (C=O) groups excluding carboxylic acids is 1. The summed E-state index contributed by atoms with van der Waals surface area (Å²) in [4.78, 5) is 13.0. The van der Waals surface area contributed by atoms with Crippen LogP contribution >= 0.6 is 11.8 Å². The number of ether oxygens (including phenoxy) is 4. The summed E-state index contributed by atoms with van der Waals surface area (Å²) >= 11 is 1.78. The van der Waals surface area contributed by atoms with Crippen LogP contribution in [0.4, 0.5) is 5.82 Å². The minimum atomic E-state index is -0.274. The Morgan fingerprint density at radius 2 is 1.61 bits per heavy atom. The van der Waals surface area contributed by atoms with Crippen molar-refractivity contribution in [1.29, 1.82) is 0 Å². The highest BCUT2D eigenvalue weighted by Crippen LogP contribution is 2.39. The predicted molar refractivity (Wildman–Crippen MR) is 149 cm³/mol. The van der Waals surface area contributed by atoms with Crippen LogP contribution in [0.3, 0.4) is 0 Å². The van der Waals surface area contributed by atoms with Gasteiger partial charge in [0.2, 0.25) is 11.7 Å². The van der Waals surface area contributed by atoms with Crippen molar-refractivity contribution in [2.75, 3.05) is 26.6 Å². The van der Waals surface area contributed by atoms with E-state index in [1.54, 1.807) is 56.0 Å². The van der Waals surface area contributed by atoms with Crippen LogP contribution in [0.5, 0.6) is 28.7 Å². The molecule has 1 aliphatic heterocycles.